The van der Waals surface area contributed by atoms with Crippen LogP contribution in [0.5, 0.6) is 23.0 Å². The fraction of sp³-hybridized carbons (Fsp3) is 0.438. The second-order valence-electron chi connectivity index (χ2n) is 18.7. The maximum Gasteiger partial charge on any atom is 0.330 e. The summed E-state index contributed by atoms with van der Waals surface area (Å²) in [6.45, 7) is 25.0. The predicted octanol–water partition coefficient (Wildman–Crippen LogP) is 10.7. The highest BCUT2D eigenvalue weighted by atomic mass is 32.2. The van der Waals surface area contributed by atoms with Gasteiger partial charge in [-0.3, -0.25) is 38.4 Å². The maximum atomic E-state index is 13.6. The summed E-state index contributed by atoms with van der Waals surface area (Å²) in [6, 6.07) is 16.6. The van der Waals surface area contributed by atoms with Crippen LogP contribution in [0.2, 0.25) is 0 Å². The summed E-state index contributed by atoms with van der Waals surface area (Å²) in [6.07, 6.45) is 6.47. The van der Waals surface area contributed by atoms with Gasteiger partial charge in [0.2, 0.25) is 0 Å². The third-order valence-electron chi connectivity index (χ3n) is 13.0. The van der Waals surface area contributed by atoms with E-state index in [4.69, 9.17) is 59.2 Å². The smallest absolute Gasteiger partial charge is 0.330 e. The molecule has 0 saturated heterocycles. The van der Waals surface area contributed by atoms with Gasteiger partial charge in [-0.25, -0.2) is 19.7 Å². The molecule has 1 aliphatic heterocycles. The van der Waals surface area contributed by atoms with Crippen molar-refractivity contribution in [3.8, 4) is 29.6 Å². The summed E-state index contributed by atoms with van der Waals surface area (Å²) in [4.78, 5) is 128. The van der Waals surface area contributed by atoms with Crippen LogP contribution in [0.1, 0.15) is 116 Å². The highest BCUT2D eigenvalue weighted by Crippen LogP contribution is 2.58. The van der Waals surface area contributed by atoms with E-state index in [1.54, 1.807) is 60.7 Å². The van der Waals surface area contributed by atoms with Crippen LogP contribution in [-0.4, -0.2) is 99.3 Å². The molecule has 0 amide bonds. The first-order chi connectivity index (χ1) is 42.6. The maximum absolute atomic E-state index is 13.6. The van der Waals surface area contributed by atoms with Crippen molar-refractivity contribution in [3.63, 3.8) is 0 Å². The molecule has 0 spiro atoms. The summed E-state index contributed by atoms with van der Waals surface area (Å²) in [5.74, 6) is -6.16. The van der Waals surface area contributed by atoms with Gasteiger partial charge in [0.15, 0.2) is 6.20 Å². The van der Waals surface area contributed by atoms with E-state index in [0.717, 1.165) is 23.3 Å². The summed E-state index contributed by atoms with van der Waals surface area (Å²) >= 11 is 2.45. The number of benzene rings is 3. The number of carbonyl (C=O) groups is 10. The highest BCUT2D eigenvalue weighted by molar-refractivity contribution is 8.24. The summed E-state index contributed by atoms with van der Waals surface area (Å²) in [7, 11) is 0. The Morgan fingerprint density at radius 2 is 0.750 bits per heavy atom. The standard InChI is InChI=1S/C59H61NO20S2.2C2H6.CHN/c1-4-47(61)73-32-34-75-51(65)26-24-49(63)71-30-28-37-6-18-43(19-7-37)77-56(67)39-10-14-41(15-11-39)58(69)79-45-22-23-46(55-54(45)81-53(82-55)36-60-3)80-59(70)42-16-12-40(13-17-42)57(68)78-44-20-8-38(9-21-44)29-31-72-50(64)25-27-52(66)76-35-33-74-48(62)5-2;3*1-2/h4-9,18-23,36,39-42H,1-2,10-17,24-35H2;2*1-2H3;1H. The Labute approximate surface area is 520 Å². The number of fused-ring (bicyclic) bond motifs is 1. The Bertz CT molecular complexity index is 2770. The fourth-order valence-electron chi connectivity index (χ4n) is 8.54. The van der Waals surface area contributed by atoms with Gasteiger partial charge >= 0.3 is 59.7 Å². The zero-order valence-electron chi connectivity index (χ0n) is 49.8. The lowest BCUT2D eigenvalue weighted by Gasteiger charge is -2.26. The second kappa shape index (κ2) is 41.4. The molecule has 88 heavy (non-hydrogen) atoms. The Hall–Kier alpha value is -8.74. The van der Waals surface area contributed by atoms with Crippen molar-refractivity contribution in [3.05, 3.63) is 119 Å². The van der Waals surface area contributed by atoms with Crippen LogP contribution in [0.25, 0.3) is 4.85 Å². The lowest BCUT2D eigenvalue weighted by atomic mass is 9.82. The normalized spacial score (nSPS) is 15.9. The molecule has 0 atom stereocenters. The van der Waals surface area contributed by atoms with Crippen LogP contribution in [0, 0.1) is 42.1 Å². The van der Waals surface area contributed by atoms with Crippen LogP contribution in [0.4, 0.5) is 0 Å². The van der Waals surface area contributed by atoms with Gasteiger partial charge in [0, 0.05) is 35.8 Å². The molecule has 2 aliphatic carbocycles. The Morgan fingerprint density at radius 3 is 1.05 bits per heavy atom. The zero-order chi connectivity index (χ0) is 64.8. The molecule has 2 saturated carbocycles. The van der Waals surface area contributed by atoms with E-state index in [1.807, 2.05) is 27.7 Å². The molecule has 24 heteroatoms. The topological polar surface area (TPSA) is 291 Å². The molecule has 6 rings (SSSR count). The number of hydrogen-bond donors (Lipinski definition) is 0. The van der Waals surface area contributed by atoms with Crippen LogP contribution in [-0.2, 0) is 89.2 Å². The molecule has 1 heterocycles. The fourth-order valence-corrected chi connectivity index (χ4v) is 10.9. The minimum absolute atomic E-state index is 0.0641. The largest absolute Gasteiger partial charge is 0.465 e. The van der Waals surface area contributed by atoms with E-state index >= 15 is 0 Å². The Balaban J connectivity index is 0.00000327. The number of esters is 10. The van der Waals surface area contributed by atoms with Crippen molar-refractivity contribution in [2.24, 2.45) is 23.7 Å². The van der Waals surface area contributed by atoms with E-state index in [2.05, 4.69) is 24.6 Å². The lowest BCUT2D eigenvalue weighted by Crippen LogP contribution is -2.30. The van der Waals surface area contributed by atoms with Crippen molar-refractivity contribution in [2.45, 2.75) is 127 Å². The summed E-state index contributed by atoms with van der Waals surface area (Å²) in [5, 5.41) is 6.50. The minimum Gasteiger partial charge on any atom is -0.465 e. The SMILES string of the molecule is C#N.CC.CC.[C-]#[N+]C=C1Sc2c(OC(=O)C3CCC(C(=O)Oc4ccc(CCOC(=O)CCC(=O)OCCOC(=O)C=C)cc4)CC3)ccc(OC(=O)C3CCC(C(=O)Oc4ccc(CCOC(=O)CCC(=O)OCCOC(=O)C=C)cc4)CC3)c2S1. The first kappa shape index (κ1) is 73.5. The molecule has 3 aromatic carbocycles. The molecule has 3 aliphatic rings. The first-order valence-electron chi connectivity index (χ1n) is 28.7. The van der Waals surface area contributed by atoms with E-state index in [9.17, 15) is 47.9 Å². The average molecular weight is 1260 g/mol. The lowest BCUT2D eigenvalue weighted by molar-refractivity contribution is -0.152. The molecule has 2 fully saturated rings. The third-order valence-corrected chi connectivity index (χ3v) is 15.5. The molecule has 0 bridgehead atoms. The van der Waals surface area contributed by atoms with E-state index in [-0.39, 0.29) is 76.8 Å². The molecule has 0 unspecified atom stereocenters. The monoisotopic (exact) mass is 1250 g/mol. The van der Waals surface area contributed by atoms with Crippen molar-refractivity contribution in [2.75, 3.05) is 39.6 Å². The van der Waals surface area contributed by atoms with Crippen molar-refractivity contribution in [1.29, 1.82) is 5.26 Å². The molecule has 22 nitrogen and oxygen atoms in total. The van der Waals surface area contributed by atoms with Gasteiger partial charge in [-0.05, 0) is 98.9 Å². The van der Waals surface area contributed by atoms with Gasteiger partial charge < -0.3 is 47.4 Å². The van der Waals surface area contributed by atoms with E-state index < -0.39 is 83.4 Å². The number of nitrogens with zero attached hydrogens (tertiary/aromatic N) is 2. The molecule has 0 aromatic heterocycles. The van der Waals surface area contributed by atoms with Gasteiger partial charge in [0.25, 0.3) is 0 Å². The van der Waals surface area contributed by atoms with Crippen molar-refractivity contribution < 1.29 is 95.3 Å². The van der Waals surface area contributed by atoms with Crippen LogP contribution >= 0.6 is 23.5 Å². The molecular formula is C64H74N2O20S2. The number of carbonyl (C=O) groups excluding carboxylic acids is 10. The third kappa shape index (κ3) is 26.1. The molecule has 0 radical (unpaired) electrons. The number of rotatable bonds is 28. The first-order valence-corrected chi connectivity index (χ1v) is 30.3. The number of hydrogen-bond acceptors (Lipinski definition) is 23. The van der Waals surface area contributed by atoms with Crippen LogP contribution in [0.3, 0.4) is 0 Å². The van der Waals surface area contributed by atoms with Crippen molar-refractivity contribution >= 4 is 83.2 Å². The van der Waals surface area contributed by atoms with E-state index in [0.29, 0.717) is 89.7 Å². The molecule has 3 aromatic rings. The minimum atomic E-state index is -0.639. The Kier molecular flexibility index (Phi) is 34.6. The number of thioether (sulfide) groups is 2. The predicted molar refractivity (Wildman–Crippen MR) is 321 cm³/mol. The number of ether oxygens (including phenoxy) is 10. The van der Waals surface area contributed by atoms with Gasteiger partial charge in [-0.15, -0.1) is 0 Å². The molecule has 472 valence electrons. The van der Waals surface area contributed by atoms with Gasteiger partial charge in [-0.1, -0.05) is 88.6 Å². The van der Waals surface area contributed by atoms with Crippen LogP contribution < -0.4 is 18.9 Å². The van der Waals surface area contributed by atoms with Crippen molar-refractivity contribution in [1.82, 2.24) is 0 Å². The quantitative estimate of drug-likeness (QED) is 0.0163. The van der Waals surface area contributed by atoms with Gasteiger partial charge in [0.05, 0.1) is 78.9 Å². The zero-order valence-corrected chi connectivity index (χ0v) is 51.5. The van der Waals surface area contributed by atoms with Crippen LogP contribution in [0.15, 0.2) is 106 Å². The average Bonchev–Trinajstić information content (AvgIpc) is 3.07. The summed E-state index contributed by atoms with van der Waals surface area (Å²) < 4.78 is 53.4. The molecule has 0 N–H and O–H groups in total. The van der Waals surface area contributed by atoms with E-state index in [1.165, 1.54) is 29.7 Å². The molecular weight excluding hydrogens is 1180 g/mol. The van der Waals surface area contributed by atoms with Gasteiger partial charge in [0.1, 0.15) is 49.4 Å². The highest BCUT2D eigenvalue weighted by Gasteiger charge is 2.36. The summed E-state index contributed by atoms with van der Waals surface area (Å²) in [5.41, 5.74) is 1.64. The number of nitriles is 1. The Morgan fingerprint density at radius 1 is 0.466 bits per heavy atom. The van der Waals surface area contributed by atoms with Gasteiger partial charge in [-0.2, -0.15) is 0 Å². The second-order valence-corrected chi connectivity index (χ2v) is 21.1.